The Morgan fingerprint density at radius 3 is 2.83 bits per heavy atom. The third-order valence-corrected chi connectivity index (χ3v) is 2.52. The summed E-state index contributed by atoms with van der Waals surface area (Å²) in [5, 5.41) is 3.13. The summed E-state index contributed by atoms with van der Waals surface area (Å²) < 4.78 is 11.4. The van der Waals surface area contributed by atoms with Gasteiger partial charge in [-0.3, -0.25) is 0 Å². The number of hydrogen-bond donors (Lipinski definition) is 1. The quantitative estimate of drug-likeness (QED) is 0.718. The topological polar surface area (TPSA) is 30.5 Å². The first kappa shape index (κ1) is 14.6. The molecule has 1 unspecified atom stereocenters. The van der Waals surface area contributed by atoms with E-state index >= 15 is 0 Å². The maximum Gasteiger partial charge on any atom is 0.128 e. The third kappa shape index (κ3) is 4.41. The van der Waals surface area contributed by atoms with E-state index in [4.69, 9.17) is 9.47 Å². The Morgan fingerprint density at radius 1 is 1.44 bits per heavy atom. The van der Waals surface area contributed by atoms with Crippen molar-refractivity contribution in [2.45, 2.75) is 32.9 Å². The summed E-state index contributed by atoms with van der Waals surface area (Å²) >= 11 is 0. The van der Waals surface area contributed by atoms with E-state index in [1.54, 1.807) is 6.08 Å². The van der Waals surface area contributed by atoms with Crippen molar-refractivity contribution in [1.82, 2.24) is 5.32 Å². The van der Waals surface area contributed by atoms with Crippen LogP contribution in [-0.2, 0) is 6.54 Å². The van der Waals surface area contributed by atoms with Crippen LogP contribution < -0.4 is 14.8 Å². The highest BCUT2D eigenvalue weighted by Crippen LogP contribution is 2.26. The van der Waals surface area contributed by atoms with Crippen molar-refractivity contribution in [1.29, 1.82) is 0 Å². The van der Waals surface area contributed by atoms with Gasteiger partial charge in [0.2, 0.25) is 0 Å². The highest BCUT2D eigenvalue weighted by molar-refractivity contribution is 5.41. The second kappa shape index (κ2) is 7.77. The summed E-state index contributed by atoms with van der Waals surface area (Å²) in [7, 11) is 1.92. The van der Waals surface area contributed by atoms with E-state index in [1.807, 2.05) is 32.2 Å². The molecule has 18 heavy (non-hydrogen) atoms. The fourth-order valence-corrected chi connectivity index (χ4v) is 1.54. The second-order valence-corrected chi connectivity index (χ2v) is 4.21. The molecule has 0 saturated carbocycles. The number of nitrogens with one attached hydrogen (secondary N) is 1. The fraction of sp³-hybridized carbons (Fsp3) is 0.467. The molecule has 0 heterocycles. The predicted octanol–water partition coefficient (Wildman–Crippen LogP) is 3.15. The molecule has 0 amide bonds. The third-order valence-electron chi connectivity index (χ3n) is 2.52. The minimum atomic E-state index is -0.0120. The van der Waals surface area contributed by atoms with Crippen molar-refractivity contribution >= 4 is 0 Å². The first-order valence-electron chi connectivity index (χ1n) is 6.40. The summed E-state index contributed by atoms with van der Waals surface area (Å²) in [6.45, 7) is 9.29. The van der Waals surface area contributed by atoms with Crippen molar-refractivity contribution in [2.24, 2.45) is 0 Å². The van der Waals surface area contributed by atoms with Crippen molar-refractivity contribution in [3.8, 4) is 11.5 Å². The van der Waals surface area contributed by atoms with E-state index in [1.165, 1.54) is 0 Å². The normalized spacial score (nSPS) is 11.9. The van der Waals surface area contributed by atoms with Crippen LogP contribution in [0.5, 0.6) is 11.5 Å². The van der Waals surface area contributed by atoms with Gasteiger partial charge in [-0.2, -0.15) is 0 Å². The minimum absolute atomic E-state index is 0.0120. The molecule has 0 aliphatic carbocycles. The molecule has 0 aromatic heterocycles. The Bertz CT molecular complexity index is 377. The van der Waals surface area contributed by atoms with E-state index in [9.17, 15) is 0 Å². The van der Waals surface area contributed by atoms with Crippen LogP contribution in [-0.4, -0.2) is 19.8 Å². The van der Waals surface area contributed by atoms with E-state index in [0.717, 1.165) is 36.6 Å². The summed E-state index contributed by atoms with van der Waals surface area (Å²) in [4.78, 5) is 0. The van der Waals surface area contributed by atoms with Crippen LogP contribution in [0.1, 0.15) is 25.8 Å². The molecule has 1 aromatic carbocycles. The Hall–Kier alpha value is -1.48. The molecule has 100 valence electrons. The monoisotopic (exact) mass is 249 g/mol. The zero-order valence-corrected chi connectivity index (χ0v) is 11.5. The highest BCUT2D eigenvalue weighted by atomic mass is 16.5. The molecule has 3 nitrogen and oxygen atoms in total. The van der Waals surface area contributed by atoms with Gasteiger partial charge < -0.3 is 14.8 Å². The predicted molar refractivity (Wildman–Crippen MR) is 75.3 cm³/mol. The van der Waals surface area contributed by atoms with Crippen LogP contribution in [0.2, 0.25) is 0 Å². The first-order chi connectivity index (χ1) is 8.71. The maximum atomic E-state index is 5.83. The lowest BCUT2D eigenvalue weighted by Gasteiger charge is -2.16. The van der Waals surface area contributed by atoms with Crippen molar-refractivity contribution in [2.75, 3.05) is 13.7 Å². The van der Waals surface area contributed by atoms with Gasteiger partial charge in [-0.1, -0.05) is 25.6 Å². The van der Waals surface area contributed by atoms with E-state index < -0.39 is 0 Å². The van der Waals surface area contributed by atoms with E-state index in [0.29, 0.717) is 0 Å². The van der Waals surface area contributed by atoms with Crippen molar-refractivity contribution in [3.63, 3.8) is 0 Å². The fourth-order valence-electron chi connectivity index (χ4n) is 1.54. The van der Waals surface area contributed by atoms with Crippen LogP contribution in [0.3, 0.4) is 0 Å². The zero-order chi connectivity index (χ0) is 13.4. The molecular formula is C15H23NO2. The van der Waals surface area contributed by atoms with Gasteiger partial charge in [0.15, 0.2) is 0 Å². The van der Waals surface area contributed by atoms with Crippen LogP contribution in [0.4, 0.5) is 0 Å². The molecule has 0 aliphatic rings. The molecule has 0 bridgehead atoms. The molecule has 0 radical (unpaired) electrons. The molecule has 1 rings (SSSR count). The van der Waals surface area contributed by atoms with Gasteiger partial charge in [-0.05, 0) is 26.5 Å². The smallest absolute Gasteiger partial charge is 0.128 e. The first-order valence-corrected chi connectivity index (χ1v) is 6.40. The molecular weight excluding hydrogens is 226 g/mol. The molecule has 1 N–H and O–H groups in total. The van der Waals surface area contributed by atoms with E-state index in [2.05, 4.69) is 18.8 Å². The van der Waals surface area contributed by atoms with Crippen LogP contribution >= 0.6 is 0 Å². The summed E-state index contributed by atoms with van der Waals surface area (Å²) in [6, 6.07) is 5.96. The largest absolute Gasteiger partial charge is 0.493 e. The van der Waals surface area contributed by atoms with Crippen molar-refractivity contribution < 1.29 is 9.47 Å². The van der Waals surface area contributed by atoms with Crippen molar-refractivity contribution in [3.05, 3.63) is 36.4 Å². The Labute approximate surface area is 110 Å². The Morgan fingerprint density at radius 2 is 2.22 bits per heavy atom. The maximum absolute atomic E-state index is 5.83. The number of benzene rings is 1. The lowest BCUT2D eigenvalue weighted by molar-refractivity contribution is 0.263. The average molecular weight is 249 g/mol. The molecule has 0 saturated heterocycles. The number of ether oxygens (including phenoxy) is 2. The van der Waals surface area contributed by atoms with Gasteiger partial charge in [0.25, 0.3) is 0 Å². The highest BCUT2D eigenvalue weighted by Gasteiger charge is 2.08. The molecule has 3 heteroatoms. The van der Waals surface area contributed by atoms with E-state index in [-0.39, 0.29) is 6.10 Å². The van der Waals surface area contributed by atoms with Gasteiger partial charge in [-0.25, -0.2) is 0 Å². The molecule has 0 spiro atoms. The molecule has 1 aromatic rings. The standard InChI is InChI=1S/C15H23NO2/c1-5-9-17-14-8-7-13(11-16-4)15(10-14)18-12(3)6-2/h6-8,10,12,16H,2,5,9,11H2,1,3-4H3. The lowest BCUT2D eigenvalue weighted by atomic mass is 10.2. The van der Waals surface area contributed by atoms with Crippen LogP contribution in [0.15, 0.2) is 30.9 Å². The summed E-state index contributed by atoms with van der Waals surface area (Å²) in [6.07, 6.45) is 2.77. The Kier molecular flexibility index (Phi) is 6.29. The number of rotatable bonds is 8. The second-order valence-electron chi connectivity index (χ2n) is 4.21. The molecule has 0 fully saturated rings. The van der Waals surface area contributed by atoms with Gasteiger partial charge in [0, 0.05) is 18.2 Å². The minimum Gasteiger partial charge on any atom is -0.493 e. The number of hydrogen-bond acceptors (Lipinski definition) is 3. The molecule has 0 aliphatic heterocycles. The average Bonchev–Trinajstić information content (AvgIpc) is 2.39. The summed E-state index contributed by atoms with van der Waals surface area (Å²) in [5.41, 5.74) is 1.12. The molecule has 1 atom stereocenters. The van der Waals surface area contributed by atoms with Crippen LogP contribution in [0, 0.1) is 0 Å². The van der Waals surface area contributed by atoms with Crippen LogP contribution in [0.25, 0.3) is 0 Å². The zero-order valence-electron chi connectivity index (χ0n) is 11.5. The summed E-state index contributed by atoms with van der Waals surface area (Å²) in [5.74, 6) is 1.70. The van der Waals surface area contributed by atoms with Gasteiger partial charge >= 0.3 is 0 Å². The Balaban J connectivity index is 2.87. The lowest BCUT2D eigenvalue weighted by Crippen LogP contribution is -2.12. The van der Waals surface area contributed by atoms with Gasteiger partial charge in [0.05, 0.1) is 6.61 Å². The SMILES string of the molecule is C=CC(C)Oc1cc(OCCC)ccc1CNC. The van der Waals surface area contributed by atoms with Gasteiger partial charge in [0.1, 0.15) is 17.6 Å². The van der Waals surface area contributed by atoms with Gasteiger partial charge in [-0.15, -0.1) is 0 Å².